The molecule has 1 spiro atoms. The Hall–Kier alpha value is -1.22. The first kappa shape index (κ1) is 12.5. The van der Waals surface area contributed by atoms with Crippen molar-refractivity contribution < 1.29 is 9.47 Å². The fraction of sp³-hybridized carbons (Fsp3) is 0.647. The van der Waals surface area contributed by atoms with Gasteiger partial charge in [-0.05, 0) is 68.8 Å². The molecule has 1 saturated carbocycles. The van der Waals surface area contributed by atoms with Crippen molar-refractivity contribution >= 4 is 0 Å². The average Bonchev–Trinajstić information content (AvgIpc) is 3.06. The van der Waals surface area contributed by atoms with Gasteiger partial charge in [-0.3, -0.25) is 0 Å². The summed E-state index contributed by atoms with van der Waals surface area (Å²) < 4.78 is 12.2. The SMILES string of the molecule is c1cc2c(cc1CC1CCNCC1)OC1(CCCC1)O2. The van der Waals surface area contributed by atoms with Crippen molar-refractivity contribution in [2.75, 3.05) is 13.1 Å². The Kier molecular flexibility index (Phi) is 3.10. The average molecular weight is 273 g/mol. The molecule has 0 radical (unpaired) electrons. The van der Waals surface area contributed by atoms with Gasteiger partial charge in [-0.25, -0.2) is 0 Å². The van der Waals surface area contributed by atoms with Crippen molar-refractivity contribution in [3.63, 3.8) is 0 Å². The Morgan fingerprint density at radius 3 is 2.60 bits per heavy atom. The summed E-state index contributed by atoms with van der Waals surface area (Å²) in [4.78, 5) is 0. The number of hydrogen-bond donors (Lipinski definition) is 1. The lowest BCUT2D eigenvalue weighted by Crippen LogP contribution is -2.34. The van der Waals surface area contributed by atoms with Gasteiger partial charge < -0.3 is 14.8 Å². The van der Waals surface area contributed by atoms with Gasteiger partial charge in [0.15, 0.2) is 11.5 Å². The lowest BCUT2D eigenvalue weighted by atomic mass is 9.91. The summed E-state index contributed by atoms with van der Waals surface area (Å²) in [7, 11) is 0. The van der Waals surface area contributed by atoms with E-state index in [1.165, 1.54) is 50.8 Å². The molecule has 20 heavy (non-hydrogen) atoms. The molecule has 0 amide bonds. The molecule has 4 rings (SSSR count). The maximum absolute atomic E-state index is 6.15. The second-order valence-electron chi connectivity index (χ2n) is 6.50. The van der Waals surface area contributed by atoms with Crippen LogP contribution in [0.1, 0.15) is 44.1 Å². The van der Waals surface area contributed by atoms with E-state index in [-0.39, 0.29) is 5.79 Å². The molecule has 3 heteroatoms. The van der Waals surface area contributed by atoms with E-state index in [1.54, 1.807) is 0 Å². The monoisotopic (exact) mass is 273 g/mol. The van der Waals surface area contributed by atoms with E-state index < -0.39 is 0 Å². The highest BCUT2D eigenvalue weighted by Crippen LogP contribution is 2.46. The van der Waals surface area contributed by atoms with Gasteiger partial charge in [0.1, 0.15) is 0 Å². The Morgan fingerprint density at radius 2 is 1.80 bits per heavy atom. The van der Waals surface area contributed by atoms with Crippen LogP contribution < -0.4 is 14.8 Å². The van der Waals surface area contributed by atoms with Crippen LogP contribution in [0.4, 0.5) is 0 Å². The molecular formula is C17H23NO2. The topological polar surface area (TPSA) is 30.5 Å². The zero-order valence-corrected chi connectivity index (χ0v) is 12.0. The van der Waals surface area contributed by atoms with Crippen LogP contribution in [0, 0.1) is 5.92 Å². The minimum atomic E-state index is -0.324. The number of piperidine rings is 1. The number of hydrogen-bond acceptors (Lipinski definition) is 3. The van der Waals surface area contributed by atoms with Gasteiger partial charge in [-0.1, -0.05) is 6.07 Å². The maximum atomic E-state index is 6.15. The predicted molar refractivity (Wildman–Crippen MR) is 78.2 cm³/mol. The van der Waals surface area contributed by atoms with E-state index in [0.717, 1.165) is 30.3 Å². The van der Waals surface area contributed by atoms with Gasteiger partial charge in [0.25, 0.3) is 5.79 Å². The smallest absolute Gasteiger partial charge is 0.251 e. The quantitative estimate of drug-likeness (QED) is 0.897. The Morgan fingerprint density at radius 1 is 1.05 bits per heavy atom. The normalized spacial score (nSPS) is 24.4. The van der Waals surface area contributed by atoms with Crippen molar-refractivity contribution in [2.45, 2.75) is 50.7 Å². The third-order valence-electron chi connectivity index (χ3n) is 4.95. The summed E-state index contributed by atoms with van der Waals surface area (Å²) >= 11 is 0. The largest absolute Gasteiger partial charge is 0.448 e. The molecule has 0 unspecified atom stereocenters. The zero-order valence-electron chi connectivity index (χ0n) is 12.0. The number of rotatable bonds is 2. The summed E-state index contributed by atoms with van der Waals surface area (Å²) in [6.07, 6.45) is 8.25. The lowest BCUT2D eigenvalue weighted by Gasteiger charge is -2.22. The minimum absolute atomic E-state index is 0.324. The summed E-state index contributed by atoms with van der Waals surface area (Å²) in [5.74, 6) is 2.41. The maximum Gasteiger partial charge on any atom is 0.251 e. The third-order valence-corrected chi connectivity index (χ3v) is 4.95. The number of fused-ring (bicyclic) bond motifs is 1. The third kappa shape index (κ3) is 2.28. The van der Waals surface area contributed by atoms with Gasteiger partial charge in [0, 0.05) is 12.8 Å². The summed E-state index contributed by atoms with van der Waals surface area (Å²) in [6.45, 7) is 2.33. The van der Waals surface area contributed by atoms with Crippen LogP contribution in [0.25, 0.3) is 0 Å². The molecule has 1 aromatic carbocycles. The molecule has 3 nitrogen and oxygen atoms in total. The molecule has 2 aliphatic heterocycles. The summed E-state index contributed by atoms with van der Waals surface area (Å²) in [6, 6.07) is 6.54. The molecule has 0 bridgehead atoms. The Balaban J connectivity index is 1.48. The highest BCUT2D eigenvalue weighted by molar-refractivity contribution is 5.46. The molecule has 1 saturated heterocycles. The van der Waals surface area contributed by atoms with E-state index in [9.17, 15) is 0 Å². The van der Waals surface area contributed by atoms with E-state index in [2.05, 4.69) is 23.5 Å². The predicted octanol–water partition coefficient (Wildman–Crippen LogP) is 3.27. The van der Waals surface area contributed by atoms with Crippen molar-refractivity contribution in [3.05, 3.63) is 23.8 Å². The van der Waals surface area contributed by atoms with Crippen molar-refractivity contribution in [3.8, 4) is 11.5 Å². The molecule has 2 fully saturated rings. The zero-order chi connectivity index (χ0) is 13.4. The van der Waals surface area contributed by atoms with Crippen LogP contribution in [0.3, 0.4) is 0 Å². The van der Waals surface area contributed by atoms with Crippen LogP contribution >= 0.6 is 0 Å². The fourth-order valence-electron chi connectivity index (χ4n) is 3.80. The Labute approximate surface area is 120 Å². The molecular weight excluding hydrogens is 250 g/mol. The summed E-state index contributed by atoms with van der Waals surface area (Å²) in [5.41, 5.74) is 1.40. The summed E-state index contributed by atoms with van der Waals surface area (Å²) in [5, 5.41) is 3.43. The lowest BCUT2D eigenvalue weighted by molar-refractivity contribution is -0.0716. The number of ether oxygens (including phenoxy) is 2. The first-order valence-electron chi connectivity index (χ1n) is 8.05. The highest BCUT2D eigenvalue weighted by Gasteiger charge is 2.44. The van der Waals surface area contributed by atoms with Gasteiger partial charge in [-0.15, -0.1) is 0 Å². The van der Waals surface area contributed by atoms with Crippen molar-refractivity contribution in [1.82, 2.24) is 5.32 Å². The van der Waals surface area contributed by atoms with Crippen LogP contribution in [0.2, 0.25) is 0 Å². The van der Waals surface area contributed by atoms with E-state index in [1.807, 2.05) is 0 Å². The fourth-order valence-corrected chi connectivity index (χ4v) is 3.80. The highest BCUT2D eigenvalue weighted by atomic mass is 16.7. The minimum Gasteiger partial charge on any atom is -0.448 e. The van der Waals surface area contributed by atoms with Gasteiger partial charge in [-0.2, -0.15) is 0 Å². The van der Waals surface area contributed by atoms with E-state index in [4.69, 9.17) is 9.47 Å². The second kappa shape index (κ2) is 4.96. The molecule has 0 atom stereocenters. The van der Waals surface area contributed by atoms with Crippen LogP contribution in [0.15, 0.2) is 18.2 Å². The molecule has 1 N–H and O–H groups in total. The standard InChI is InChI=1S/C17H23NO2/c1-2-8-17(7-1)19-15-4-3-14(12-16(15)20-17)11-13-5-9-18-10-6-13/h3-4,12-13,18H,1-2,5-11H2. The molecule has 108 valence electrons. The van der Waals surface area contributed by atoms with E-state index in [0.29, 0.717) is 0 Å². The number of benzene rings is 1. The van der Waals surface area contributed by atoms with Crippen LogP contribution in [-0.2, 0) is 6.42 Å². The first-order valence-corrected chi connectivity index (χ1v) is 8.05. The molecule has 1 aliphatic carbocycles. The molecule has 1 aromatic rings. The molecule has 3 aliphatic rings. The Bertz CT molecular complexity index is 488. The van der Waals surface area contributed by atoms with E-state index >= 15 is 0 Å². The van der Waals surface area contributed by atoms with Crippen LogP contribution in [-0.4, -0.2) is 18.9 Å². The van der Waals surface area contributed by atoms with Crippen LogP contribution in [0.5, 0.6) is 11.5 Å². The van der Waals surface area contributed by atoms with Crippen molar-refractivity contribution in [2.24, 2.45) is 5.92 Å². The van der Waals surface area contributed by atoms with Gasteiger partial charge in [0.05, 0.1) is 0 Å². The number of nitrogens with one attached hydrogen (secondary N) is 1. The molecule has 0 aromatic heterocycles. The molecule has 2 heterocycles. The van der Waals surface area contributed by atoms with Gasteiger partial charge in [0.2, 0.25) is 0 Å². The second-order valence-corrected chi connectivity index (χ2v) is 6.50. The first-order chi connectivity index (χ1) is 9.83. The van der Waals surface area contributed by atoms with Gasteiger partial charge >= 0.3 is 0 Å². The van der Waals surface area contributed by atoms with Crippen molar-refractivity contribution in [1.29, 1.82) is 0 Å².